The molecule has 1 aromatic carbocycles. The summed E-state index contributed by atoms with van der Waals surface area (Å²) in [5.41, 5.74) is 2.92. The number of rotatable bonds is 3. The average molecular weight is 341 g/mol. The summed E-state index contributed by atoms with van der Waals surface area (Å²) in [6, 6.07) is 6.79. The first-order valence-electron chi connectivity index (χ1n) is 7.94. The Kier molecular flexibility index (Phi) is 2.98. The number of fused-ring (bicyclic) bond motifs is 2. The van der Waals surface area contributed by atoms with Crippen molar-refractivity contribution >= 4 is 17.5 Å². The van der Waals surface area contributed by atoms with Crippen LogP contribution >= 0.6 is 0 Å². The van der Waals surface area contributed by atoms with Crippen molar-refractivity contribution in [3.05, 3.63) is 36.2 Å². The first kappa shape index (κ1) is 14.3. The van der Waals surface area contributed by atoms with E-state index in [0.717, 1.165) is 30.3 Å². The highest BCUT2D eigenvalue weighted by Gasteiger charge is 2.52. The number of hydroxylamine groups is 1. The van der Waals surface area contributed by atoms with Crippen molar-refractivity contribution in [2.24, 2.45) is 0 Å². The quantitative estimate of drug-likeness (QED) is 0.611. The SMILES string of the molecule is O=C(NO)c1cnc(N2CC3[C@H]2CN3c2ccc3c(c2)OCO3)nc1. The highest BCUT2D eigenvalue weighted by molar-refractivity contribution is 5.92. The zero-order valence-electron chi connectivity index (χ0n) is 13.1. The van der Waals surface area contributed by atoms with E-state index in [1.165, 1.54) is 12.4 Å². The lowest BCUT2D eigenvalue weighted by Crippen LogP contribution is -2.79. The molecule has 2 atom stereocenters. The van der Waals surface area contributed by atoms with Gasteiger partial charge in [0, 0.05) is 37.2 Å². The molecule has 1 amide bonds. The van der Waals surface area contributed by atoms with Gasteiger partial charge in [-0.15, -0.1) is 0 Å². The predicted octanol–water partition coefficient (Wildman–Crippen LogP) is 0.402. The molecule has 0 aliphatic carbocycles. The minimum absolute atomic E-state index is 0.221. The molecule has 1 unspecified atom stereocenters. The second-order valence-electron chi connectivity index (χ2n) is 6.19. The largest absolute Gasteiger partial charge is 0.454 e. The van der Waals surface area contributed by atoms with E-state index in [1.54, 1.807) is 5.48 Å². The van der Waals surface area contributed by atoms with Crippen LogP contribution in [0.2, 0.25) is 0 Å². The van der Waals surface area contributed by atoms with Gasteiger partial charge in [-0.2, -0.15) is 0 Å². The van der Waals surface area contributed by atoms with Gasteiger partial charge in [0.05, 0.1) is 17.6 Å². The first-order chi connectivity index (χ1) is 12.2. The molecule has 128 valence electrons. The molecule has 1 aromatic heterocycles. The second-order valence-corrected chi connectivity index (χ2v) is 6.19. The monoisotopic (exact) mass is 341 g/mol. The average Bonchev–Trinajstić information content (AvgIpc) is 3.10. The highest BCUT2D eigenvalue weighted by atomic mass is 16.7. The Bertz CT molecular complexity index is 843. The summed E-state index contributed by atoms with van der Waals surface area (Å²) >= 11 is 0. The zero-order chi connectivity index (χ0) is 17.0. The molecule has 0 spiro atoms. The molecule has 3 aliphatic rings. The summed E-state index contributed by atoms with van der Waals surface area (Å²) < 4.78 is 10.8. The van der Waals surface area contributed by atoms with Crippen LogP contribution in [0.1, 0.15) is 10.4 Å². The van der Waals surface area contributed by atoms with E-state index >= 15 is 0 Å². The summed E-state index contributed by atoms with van der Waals surface area (Å²) in [7, 11) is 0. The third-order valence-corrected chi connectivity index (χ3v) is 4.96. The number of hydrogen-bond donors (Lipinski definition) is 2. The van der Waals surface area contributed by atoms with Crippen LogP contribution in [0, 0.1) is 0 Å². The van der Waals surface area contributed by atoms with Gasteiger partial charge >= 0.3 is 0 Å². The zero-order valence-corrected chi connectivity index (χ0v) is 13.1. The fourth-order valence-corrected chi connectivity index (χ4v) is 3.50. The molecule has 9 nitrogen and oxygen atoms in total. The number of amides is 1. The molecule has 2 fully saturated rings. The number of piperazine rings is 1. The summed E-state index contributed by atoms with van der Waals surface area (Å²) in [5, 5.41) is 8.62. The van der Waals surface area contributed by atoms with Crippen LogP contribution in [-0.4, -0.2) is 53.0 Å². The van der Waals surface area contributed by atoms with Gasteiger partial charge in [0.2, 0.25) is 12.7 Å². The molecule has 5 rings (SSSR count). The van der Waals surface area contributed by atoms with Crippen molar-refractivity contribution in [2.75, 3.05) is 29.7 Å². The van der Waals surface area contributed by atoms with Crippen LogP contribution in [0.5, 0.6) is 11.5 Å². The van der Waals surface area contributed by atoms with Crippen molar-refractivity contribution in [3.63, 3.8) is 0 Å². The van der Waals surface area contributed by atoms with Crippen molar-refractivity contribution in [1.29, 1.82) is 0 Å². The summed E-state index contributed by atoms with van der Waals surface area (Å²) in [5.74, 6) is 1.56. The van der Waals surface area contributed by atoms with E-state index in [0.29, 0.717) is 18.0 Å². The minimum atomic E-state index is -0.620. The molecule has 2 N–H and O–H groups in total. The van der Waals surface area contributed by atoms with Gasteiger partial charge in [-0.25, -0.2) is 15.4 Å². The molecule has 0 radical (unpaired) electrons. The number of carbonyl (C=O) groups excluding carboxylic acids is 1. The van der Waals surface area contributed by atoms with E-state index in [2.05, 4.69) is 19.8 Å². The topological polar surface area (TPSA) is 100 Å². The Hall–Kier alpha value is -3.07. The summed E-state index contributed by atoms with van der Waals surface area (Å²) in [6.45, 7) is 1.98. The number of aromatic nitrogens is 2. The second kappa shape index (κ2) is 5.21. The molecule has 0 saturated carbocycles. The third kappa shape index (κ3) is 2.09. The number of ether oxygens (including phenoxy) is 2. The van der Waals surface area contributed by atoms with Crippen LogP contribution in [0.15, 0.2) is 30.6 Å². The molecule has 0 bridgehead atoms. The number of benzene rings is 1. The van der Waals surface area contributed by atoms with Gasteiger partial charge in [0.15, 0.2) is 11.5 Å². The third-order valence-electron chi connectivity index (χ3n) is 4.96. The van der Waals surface area contributed by atoms with Gasteiger partial charge in [-0.1, -0.05) is 0 Å². The summed E-state index contributed by atoms with van der Waals surface area (Å²) in [4.78, 5) is 24.2. The number of nitrogens with zero attached hydrogens (tertiary/aromatic N) is 4. The van der Waals surface area contributed by atoms with E-state index < -0.39 is 5.91 Å². The first-order valence-corrected chi connectivity index (χ1v) is 7.94. The fraction of sp³-hybridized carbons (Fsp3) is 0.312. The van der Waals surface area contributed by atoms with Crippen molar-refractivity contribution in [3.8, 4) is 11.5 Å². The highest BCUT2D eigenvalue weighted by Crippen LogP contribution is 2.42. The van der Waals surface area contributed by atoms with E-state index in [9.17, 15) is 4.79 Å². The molecule has 2 saturated heterocycles. The van der Waals surface area contributed by atoms with Crippen molar-refractivity contribution in [1.82, 2.24) is 15.4 Å². The summed E-state index contributed by atoms with van der Waals surface area (Å²) in [6.07, 6.45) is 2.82. The molecule has 25 heavy (non-hydrogen) atoms. The van der Waals surface area contributed by atoms with Gasteiger partial charge < -0.3 is 19.3 Å². The minimum Gasteiger partial charge on any atom is -0.454 e. The van der Waals surface area contributed by atoms with Crippen LogP contribution in [-0.2, 0) is 0 Å². The predicted molar refractivity (Wildman–Crippen MR) is 86.1 cm³/mol. The number of nitrogens with one attached hydrogen (secondary N) is 1. The smallest absolute Gasteiger partial charge is 0.277 e. The van der Waals surface area contributed by atoms with Gasteiger partial charge in [-0.3, -0.25) is 10.0 Å². The van der Waals surface area contributed by atoms with Crippen LogP contribution < -0.4 is 24.8 Å². The maximum Gasteiger partial charge on any atom is 0.277 e. The van der Waals surface area contributed by atoms with E-state index in [1.807, 2.05) is 18.2 Å². The molecule has 2 aromatic rings. The maximum absolute atomic E-state index is 11.3. The number of anilines is 2. The normalized spacial score (nSPS) is 22.8. The van der Waals surface area contributed by atoms with Gasteiger partial charge in [0.1, 0.15) is 0 Å². The van der Waals surface area contributed by atoms with Crippen LogP contribution in [0.3, 0.4) is 0 Å². The van der Waals surface area contributed by atoms with Crippen molar-refractivity contribution in [2.45, 2.75) is 12.1 Å². The number of hydrogen-bond acceptors (Lipinski definition) is 8. The van der Waals surface area contributed by atoms with Crippen LogP contribution in [0.4, 0.5) is 11.6 Å². The molecular formula is C16H15N5O4. The lowest BCUT2D eigenvalue weighted by molar-refractivity contribution is 0.0705. The standard InChI is InChI=1S/C16H15N5O4/c22-15(19-23)9-4-17-16(18-5-9)21-7-11-12(21)6-20(11)10-1-2-13-14(3-10)25-8-24-13/h1-5,11-12,23H,6-8H2,(H,19,22)/t11?,12-/m1/s1. The molecule has 4 heterocycles. The molecular weight excluding hydrogens is 326 g/mol. The fourth-order valence-electron chi connectivity index (χ4n) is 3.50. The lowest BCUT2D eigenvalue weighted by atomic mass is 9.85. The van der Waals surface area contributed by atoms with Gasteiger partial charge in [0.25, 0.3) is 5.91 Å². The Balaban J connectivity index is 1.27. The molecule has 9 heteroatoms. The van der Waals surface area contributed by atoms with Gasteiger partial charge in [-0.05, 0) is 12.1 Å². The number of carbonyl (C=O) groups is 1. The van der Waals surface area contributed by atoms with Crippen LogP contribution in [0.25, 0.3) is 0 Å². The Labute approximate surface area is 142 Å². The van der Waals surface area contributed by atoms with E-state index in [4.69, 9.17) is 14.7 Å². The van der Waals surface area contributed by atoms with E-state index in [-0.39, 0.29) is 12.4 Å². The Morgan fingerprint density at radius 1 is 1.12 bits per heavy atom. The van der Waals surface area contributed by atoms with Crippen molar-refractivity contribution < 1.29 is 19.5 Å². The Morgan fingerprint density at radius 2 is 1.84 bits per heavy atom. The molecule has 3 aliphatic heterocycles. The maximum atomic E-state index is 11.3. The Morgan fingerprint density at radius 3 is 2.56 bits per heavy atom. The lowest BCUT2D eigenvalue weighted by Gasteiger charge is -2.62.